The molecule has 1 aliphatic rings. The van der Waals surface area contributed by atoms with Crippen molar-refractivity contribution < 1.29 is 4.42 Å². The molecule has 0 aliphatic carbocycles. The van der Waals surface area contributed by atoms with Crippen LogP contribution in [0.25, 0.3) is 22.4 Å². The predicted octanol–water partition coefficient (Wildman–Crippen LogP) is 2.84. The van der Waals surface area contributed by atoms with Gasteiger partial charge in [0.05, 0.1) is 11.3 Å². The number of para-hydroxylation sites is 1. The van der Waals surface area contributed by atoms with Gasteiger partial charge in [0.15, 0.2) is 5.82 Å². The Labute approximate surface area is 116 Å². The van der Waals surface area contributed by atoms with Crippen LogP contribution in [0.4, 0.5) is 0 Å². The number of rotatable bonds is 1. The molecule has 0 amide bonds. The molecule has 0 saturated carbocycles. The summed E-state index contributed by atoms with van der Waals surface area (Å²) in [5.74, 6) is 0.771. The Morgan fingerprint density at radius 2 is 2.10 bits per heavy atom. The zero-order valence-corrected chi connectivity index (χ0v) is 11.3. The number of hydrogen-bond acceptors (Lipinski definition) is 4. The van der Waals surface area contributed by atoms with E-state index in [2.05, 4.69) is 17.2 Å². The summed E-state index contributed by atoms with van der Waals surface area (Å²) in [4.78, 5) is 9.42. The van der Waals surface area contributed by atoms with E-state index < -0.39 is 0 Å². The molecule has 2 aromatic heterocycles. The minimum atomic E-state index is 0.771. The highest BCUT2D eigenvalue weighted by molar-refractivity contribution is 5.91. The lowest BCUT2D eigenvalue weighted by molar-refractivity contribution is 0.614. The van der Waals surface area contributed by atoms with E-state index >= 15 is 0 Å². The minimum Gasteiger partial charge on any atom is -0.464 e. The highest BCUT2D eigenvalue weighted by Crippen LogP contribution is 2.29. The van der Waals surface area contributed by atoms with Crippen LogP contribution in [-0.4, -0.2) is 16.5 Å². The van der Waals surface area contributed by atoms with E-state index in [-0.39, 0.29) is 0 Å². The summed E-state index contributed by atoms with van der Waals surface area (Å²) in [5.41, 5.74) is 5.32. The number of benzene rings is 1. The van der Waals surface area contributed by atoms with E-state index in [1.165, 1.54) is 5.56 Å². The number of nitrogens with one attached hydrogen (secondary N) is 1. The van der Waals surface area contributed by atoms with Crippen molar-refractivity contribution in [3.63, 3.8) is 0 Å². The Balaban J connectivity index is 1.92. The van der Waals surface area contributed by atoms with E-state index in [1.54, 1.807) is 6.26 Å². The maximum Gasteiger partial charge on any atom is 0.163 e. The van der Waals surface area contributed by atoms with Crippen LogP contribution in [0, 0.1) is 6.92 Å². The predicted molar refractivity (Wildman–Crippen MR) is 77.4 cm³/mol. The molecule has 0 spiro atoms. The summed E-state index contributed by atoms with van der Waals surface area (Å²) in [6.07, 6.45) is 2.72. The van der Waals surface area contributed by atoms with E-state index in [0.29, 0.717) is 0 Å². The second-order valence-corrected chi connectivity index (χ2v) is 5.13. The first-order valence-corrected chi connectivity index (χ1v) is 6.86. The standard InChI is InChI=1S/C16H15N3O/c1-10-12-8-17-7-6-14(12)19-16(18-10)13-9-20-15-5-3-2-4-11(13)15/h2-5,9,17H,6-8H2,1H3. The molecule has 4 heteroatoms. The molecule has 3 heterocycles. The quantitative estimate of drug-likeness (QED) is 0.735. The van der Waals surface area contributed by atoms with Gasteiger partial charge in [-0.1, -0.05) is 18.2 Å². The van der Waals surface area contributed by atoms with Gasteiger partial charge in [0.2, 0.25) is 0 Å². The van der Waals surface area contributed by atoms with Crippen molar-refractivity contribution in [2.24, 2.45) is 0 Å². The third kappa shape index (κ3) is 1.72. The molecule has 100 valence electrons. The number of fused-ring (bicyclic) bond motifs is 2. The molecule has 4 rings (SSSR count). The molecule has 4 nitrogen and oxygen atoms in total. The van der Waals surface area contributed by atoms with Crippen LogP contribution in [-0.2, 0) is 13.0 Å². The van der Waals surface area contributed by atoms with Gasteiger partial charge in [-0.05, 0) is 13.0 Å². The summed E-state index contributed by atoms with van der Waals surface area (Å²) in [6, 6.07) is 8.00. The molecule has 0 atom stereocenters. The normalized spacial score (nSPS) is 14.4. The summed E-state index contributed by atoms with van der Waals surface area (Å²) >= 11 is 0. The van der Waals surface area contributed by atoms with E-state index in [9.17, 15) is 0 Å². The molecular formula is C16H15N3O. The van der Waals surface area contributed by atoms with Crippen molar-refractivity contribution in [1.82, 2.24) is 15.3 Å². The molecule has 0 radical (unpaired) electrons. The average Bonchev–Trinajstić information content (AvgIpc) is 2.91. The molecule has 1 aliphatic heterocycles. The van der Waals surface area contributed by atoms with Crippen molar-refractivity contribution in [3.8, 4) is 11.4 Å². The Morgan fingerprint density at radius 1 is 1.20 bits per heavy atom. The first-order chi connectivity index (χ1) is 9.83. The van der Waals surface area contributed by atoms with Crippen molar-refractivity contribution >= 4 is 11.0 Å². The van der Waals surface area contributed by atoms with Crippen LogP contribution in [0.5, 0.6) is 0 Å². The third-order valence-electron chi connectivity index (χ3n) is 3.86. The fourth-order valence-corrected chi connectivity index (χ4v) is 2.78. The van der Waals surface area contributed by atoms with E-state index in [4.69, 9.17) is 9.40 Å². The lowest BCUT2D eigenvalue weighted by Crippen LogP contribution is -2.26. The van der Waals surface area contributed by atoms with Crippen LogP contribution < -0.4 is 5.32 Å². The summed E-state index contributed by atoms with van der Waals surface area (Å²) in [7, 11) is 0. The Morgan fingerprint density at radius 3 is 3.05 bits per heavy atom. The van der Waals surface area contributed by atoms with Crippen molar-refractivity contribution in [2.45, 2.75) is 19.9 Å². The number of nitrogens with zero attached hydrogens (tertiary/aromatic N) is 2. The maximum absolute atomic E-state index is 5.60. The average molecular weight is 265 g/mol. The number of aryl methyl sites for hydroxylation is 1. The fourth-order valence-electron chi connectivity index (χ4n) is 2.78. The molecular weight excluding hydrogens is 250 g/mol. The van der Waals surface area contributed by atoms with Crippen LogP contribution in [0.15, 0.2) is 34.9 Å². The Bertz CT molecular complexity index is 792. The lowest BCUT2D eigenvalue weighted by atomic mass is 10.0. The largest absolute Gasteiger partial charge is 0.464 e. The molecule has 0 bridgehead atoms. The second kappa shape index (κ2) is 4.42. The van der Waals surface area contributed by atoms with Gasteiger partial charge in [-0.15, -0.1) is 0 Å². The highest BCUT2D eigenvalue weighted by atomic mass is 16.3. The van der Waals surface area contributed by atoms with Crippen LogP contribution in [0.1, 0.15) is 17.0 Å². The van der Waals surface area contributed by atoms with Gasteiger partial charge in [0.25, 0.3) is 0 Å². The van der Waals surface area contributed by atoms with Crippen molar-refractivity contribution in [3.05, 3.63) is 47.5 Å². The van der Waals surface area contributed by atoms with E-state index in [1.807, 2.05) is 24.3 Å². The van der Waals surface area contributed by atoms with Gasteiger partial charge in [-0.3, -0.25) is 0 Å². The van der Waals surface area contributed by atoms with Crippen LogP contribution >= 0.6 is 0 Å². The molecule has 1 aromatic carbocycles. The van der Waals surface area contributed by atoms with Gasteiger partial charge in [0, 0.05) is 36.2 Å². The number of hydrogen-bond donors (Lipinski definition) is 1. The number of aromatic nitrogens is 2. The summed E-state index contributed by atoms with van der Waals surface area (Å²) in [6.45, 7) is 3.90. The smallest absolute Gasteiger partial charge is 0.163 e. The van der Waals surface area contributed by atoms with Gasteiger partial charge in [0.1, 0.15) is 11.8 Å². The van der Waals surface area contributed by atoms with Gasteiger partial charge in [-0.2, -0.15) is 0 Å². The molecule has 0 fully saturated rings. The fraction of sp³-hybridized carbons (Fsp3) is 0.250. The Kier molecular flexibility index (Phi) is 2.57. The van der Waals surface area contributed by atoms with Gasteiger partial charge >= 0.3 is 0 Å². The molecule has 0 unspecified atom stereocenters. The minimum absolute atomic E-state index is 0.771. The lowest BCUT2D eigenvalue weighted by Gasteiger charge is -2.18. The zero-order chi connectivity index (χ0) is 13.5. The summed E-state index contributed by atoms with van der Waals surface area (Å²) in [5, 5.41) is 4.44. The molecule has 1 N–H and O–H groups in total. The zero-order valence-electron chi connectivity index (χ0n) is 11.3. The van der Waals surface area contributed by atoms with Crippen molar-refractivity contribution in [1.29, 1.82) is 0 Å². The maximum atomic E-state index is 5.60. The monoisotopic (exact) mass is 265 g/mol. The molecule has 0 saturated heterocycles. The molecule has 3 aromatic rings. The first-order valence-electron chi connectivity index (χ1n) is 6.86. The Hall–Kier alpha value is -2.20. The molecule has 20 heavy (non-hydrogen) atoms. The van der Waals surface area contributed by atoms with Gasteiger partial charge < -0.3 is 9.73 Å². The van der Waals surface area contributed by atoms with E-state index in [0.717, 1.165) is 53.3 Å². The summed E-state index contributed by atoms with van der Waals surface area (Å²) < 4.78 is 5.60. The third-order valence-corrected chi connectivity index (χ3v) is 3.86. The number of furan rings is 1. The topological polar surface area (TPSA) is 51.0 Å². The van der Waals surface area contributed by atoms with Crippen LogP contribution in [0.3, 0.4) is 0 Å². The first kappa shape index (κ1) is 11.6. The highest BCUT2D eigenvalue weighted by Gasteiger charge is 2.17. The second-order valence-electron chi connectivity index (χ2n) is 5.13. The van der Waals surface area contributed by atoms with Crippen molar-refractivity contribution in [2.75, 3.05) is 6.54 Å². The SMILES string of the molecule is Cc1nc(-c2coc3ccccc23)nc2c1CNCC2. The van der Waals surface area contributed by atoms with Gasteiger partial charge in [-0.25, -0.2) is 9.97 Å². The van der Waals surface area contributed by atoms with Crippen LogP contribution in [0.2, 0.25) is 0 Å².